The summed E-state index contributed by atoms with van der Waals surface area (Å²) in [7, 11) is 0. The summed E-state index contributed by atoms with van der Waals surface area (Å²) in [5.41, 5.74) is 2.61. The largest absolute Gasteiger partial charge is 0.449 e. The number of nitrogens with zero attached hydrogens (tertiary/aromatic N) is 1. The first kappa shape index (κ1) is 20.2. The van der Waals surface area contributed by atoms with Crippen LogP contribution in [-0.2, 0) is 9.59 Å². The summed E-state index contributed by atoms with van der Waals surface area (Å²) < 4.78 is 5.91. The molecule has 30 heavy (non-hydrogen) atoms. The van der Waals surface area contributed by atoms with Crippen LogP contribution in [0.2, 0.25) is 0 Å². The van der Waals surface area contributed by atoms with Gasteiger partial charge in [0.1, 0.15) is 6.54 Å². The molecule has 5 heteroatoms. The smallest absolute Gasteiger partial charge is 0.294 e. The summed E-state index contributed by atoms with van der Waals surface area (Å²) in [5, 5.41) is 3.15. The molecule has 5 nitrogen and oxygen atoms in total. The van der Waals surface area contributed by atoms with Gasteiger partial charge in [0.05, 0.1) is 5.69 Å². The van der Waals surface area contributed by atoms with Gasteiger partial charge in [0.25, 0.3) is 5.91 Å². The molecule has 2 aromatic rings. The Morgan fingerprint density at radius 2 is 1.97 bits per heavy atom. The number of nitrogens with one attached hydrogen (secondary N) is 1. The summed E-state index contributed by atoms with van der Waals surface area (Å²) in [6.07, 6.45) is 6.22. The first-order valence-electron chi connectivity index (χ1n) is 10.7. The van der Waals surface area contributed by atoms with Crippen molar-refractivity contribution in [3.8, 4) is 5.75 Å². The van der Waals surface area contributed by atoms with Crippen LogP contribution in [0, 0.1) is 12.8 Å². The quantitative estimate of drug-likeness (QED) is 0.766. The normalized spacial score (nSPS) is 22.4. The van der Waals surface area contributed by atoms with Gasteiger partial charge in [0.15, 0.2) is 11.5 Å². The molecule has 156 valence electrons. The number of amides is 2. The number of para-hydroxylation sites is 2. The van der Waals surface area contributed by atoms with Crippen molar-refractivity contribution in [2.45, 2.75) is 45.6 Å². The van der Waals surface area contributed by atoms with E-state index in [1.54, 1.807) is 6.08 Å². The maximum atomic E-state index is 13.2. The molecule has 1 aliphatic carbocycles. The van der Waals surface area contributed by atoms with Crippen LogP contribution in [0.25, 0.3) is 6.08 Å². The minimum absolute atomic E-state index is 0.0203. The van der Waals surface area contributed by atoms with Gasteiger partial charge in [0.2, 0.25) is 5.91 Å². The molecule has 2 aromatic carbocycles. The van der Waals surface area contributed by atoms with Gasteiger partial charge < -0.3 is 10.1 Å². The van der Waals surface area contributed by atoms with Crippen LogP contribution in [0.3, 0.4) is 0 Å². The first-order chi connectivity index (χ1) is 14.5. The van der Waals surface area contributed by atoms with Crippen molar-refractivity contribution in [1.29, 1.82) is 0 Å². The number of hydrogen-bond donors (Lipinski definition) is 1. The van der Waals surface area contributed by atoms with Crippen molar-refractivity contribution >= 4 is 23.6 Å². The third kappa shape index (κ3) is 4.40. The van der Waals surface area contributed by atoms with E-state index in [9.17, 15) is 9.59 Å². The lowest BCUT2D eigenvalue weighted by Crippen LogP contribution is -2.48. The number of hydrogen-bond acceptors (Lipinski definition) is 3. The van der Waals surface area contributed by atoms with Gasteiger partial charge in [-0.1, -0.05) is 61.7 Å². The molecule has 0 aromatic heterocycles. The molecule has 0 spiro atoms. The zero-order valence-electron chi connectivity index (χ0n) is 17.6. The van der Waals surface area contributed by atoms with Gasteiger partial charge in [-0.2, -0.15) is 0 Å². The topological polar surface area (TPSA) is 58.6 Å². The van der Waals surface area contributed by atoms with Gasteiger partial charge in [-0.25, -0.2) is 0 Å². The van der Waals surface area contributed by atoms with Gasteiger partial charge >= 0.3 is 0 Å². The Hall–Kier alpha value is -3.08. The predicted molar refractivity (Wildman–Crippen MR) is 118 cm³/mol. The number of carbonyl (C=O) groups excluding carboxylic acids is 2. The van der Waals surface area contributed by atoms with Crippen LogP contribution in [0.1, 0.15) is 43.7 Å². The SMILES string of the molecule is Cc1cccc(/C=C2/Oc3ccccc3N(CC(=O)N[C@@H]3CCCC[C@@H]3C)C2=O)c1. The summed E-state index contributed by atoms with van der Waals surface area (Å²) in [6, 6.07) is 15.4. The molecule has 0 unspecified atom stereocenters. The highest BCUT2D eigenvalue weighted by atomic mass is 16.5. The van der Waals surface area contributed by atoms with E-state index in [0.29, 0.717) is 17.4 Å². The second-order valence-electron chi connectivity index (χ2n) is 8.32. The standard InChI is InChI=1S/C25H28N2O3/c1-17-8-7-10-19(14-17)15-23-25(29)27(21-12-5-6-13-22(21)30-23)16-24(28)26-20-11-4-3-9-18(20)2/h5-8,10,12-15,18,20H,3-4,9,11,16H2,1-2H3,(H,26,28)/b23-15+/t18-,20+/m0/s1. The summed E-state index contributed by atoms with van der Waals surface area (Å²) in [5.74, 6) is 0.830. The Labute approximate surface area is 177 Å². The van der Waals surface area contributed by atoms with Crippen LogP contribution in [0.15, 0.2) is 54.3 Å². The molecule has 1 heterocycles. The lowest BCUT2D eigenvalue weighted by molar-refractivity contribution is -0.124. The average Bonchev–Trinajstić information content (AvgIpc) is 2.73. The molecule has 2 atom stereocenters. The van der Waals surface area contributed by atoms with E-state index >= 15 is 0 Å². The van der Waals surface area contributed by atoms with Gasteiger partial charge in [0, 0.05) is 6.04 Å². The number of anilines is 1. The zero-order chi connectivity index (χ0) is 21.1. The molecule has 1 fully saturated rings. The van der Waals surface area contributed by atoms with E-state index in [0.717, 1.165) is 30.4 Å². The third-order valence-corrected chi connectivity index (χ3v) is 5.93. The van der Waals surface area contributed by atoms with Crippen molar-refractivity contribution in [2.24, 2.45) is 5.92 Å². The van der Waals surface area contributed by atoms with E-state index in [1.807, 2.05) is 55.5 Å². The van der Waals surface area contributed by atoms with Crippen LogP contribution >= 0.6 is 0 Å². The monoisotopic (exact) mass is 404 g/mol. The van der Waals surface area contributed by atoms with Crippen molar-refractivity contribution in [1.82, 2.24) is 5.32 Å². The van der Waals surface area contributed by atoms with Crippen molar-refractivity contribution in [3.63, 3.8) is 0 Å². The molecule has 1 N–H and O–H groups in total. The van der Waals surface area contributed by atoms with E-state index in [4.69, 9.17) is 4.74 Å². The lowest BCUT2D eigenvalue weighted by Gasteiger charge is -2.32. The summed E-state index contributed by atoms with van der Waals surface area (Å²) >= 11 is 0. The van der Waals surface area contributed by atoms with Crippen LogP contribution in [0.5, 0.6) is 5.75 Å². The molecular weight excluding hydrogens is 376 g/mol. The number of rotatable bonds is 4. The van der Waals surface area contributed by atoms with E-state index in [2.05, 4.69) is 12.2 Å². The molecule has 4 rings (SSSR count). The number of ether oxygens (including phenoxy) is 1. The molecule has 0 saturated heterocycles. The Kier molecular flexibility index (Phi) is 5.88. The third-order valence-electron chi connectivity index (χ3n) is 5.93. The first-order valence-corrected chi connectivity index (χ1v) is 10.7. The highest BCUT2D eigenvalue weighted by molar-refractivity contribution is 6.12. The fraction of sp³-hybridized carbons (Fsp3) is 0.360. The highest BCUT2D eigenvalue weighted by Gasteiger charge is 2.32. The maximum Gasteiger partial charge on any atom is 0.294 e. The van der Waals surface area contributed by atoms with Crippen molar-refractivity contribution in [3.05, 3.63) is 65.4 Å². The minimum Gasteiger partial charge on any atom is -0.449 e. The molecule has 0 radical (unpaired) electrons. The Morgan fingerprint density at radius 1 is 1.17 bits per heavy atom. The molecule has 1 aliphatic heterocycles. The van der Waals surface area contributed by atoms with E-state index in [1.165, 1.54) is 11.3 Å². The second kappa shape index (κ2) is 8.74. The van der Waals surface area contributed by atoms with Gasteiger partial charge in [-0.05, 0) is 49.5 Å². The Balaban J connectivity index is 1.57. The van der Waals surface area contributed by atoms with Crippen molar-refractivity contribution < 1.29 is 14.3 Å². The molecule has 0 bridgehead atoms. The van der Waals surface area contributed by atoms with Crippen LogP contribution in [0.4, 0.5) is 5.69 Å². The van der Waals surface area contributed by atoms with E-state index < -0.39 is 0 Å². The lowest BCUT2D eigenvalue weighted by atomic mass is 9.86. The molecule has 2 aliphatic rings. The van der Waals surface area contributed by atoms with Crippen LogP contribution < -0.4 is 15.0 Å². The molecule has 2 amide bonds. The van der Waals surface area contributed by atoms with Gasteiger partial charge in [-0.15, -0.1) is 0 Å². The fourth-order valence-electron chi connectivity index (χ4n) is 4.26. The number of fused-ring (bicyclic) bond motifs is 1. The fourth-order valence-corrected chi connectivity index (χ4v) is 4.26. The highest BCUT2D eigenvalue weighted by Crippen LogP contribution is 2.35. The molecular formula is C25H28N2O3. The number of carbonyl (C=O) groups is 2. The van der Waals surface area contributed by atoms with Crippen molar-refractivity contribution in [2.75, 3.05) is 11.4 Å². The maximum absolute atomic E-state index is 13.2. The zero-order valence-corrected chi connectivity index (χ0v) is 17.6. The van der Waals surface area contributed by atoms with E-state index in [-0.39, 0.29) is 30.2 Å². The number of aryl methyl sites for hydroxylation is 1. The second-order valence-corrected chi connectivity index (χ2v) is 8.32. The predicted octanol–water partition coefficient (Wildman–Crippen LogP) is 4.46. The van der Waals surface area contributed by atoms with Crippen LogP contribution in [-0.4, -0.2) is 24.4 Å². The average molecular weight is 405 g/mol. The summed E-state index contributed by atoms with van der Waals surface area (Å²) in [4.78, 5) is 27.6. The Bertz CT molecular complexity index is 982. The summed E-state index contributed by atoms with van der Waals surface area (Å²) in [6.45, 7) is 4.17. The number of benzene rings is 2. The van der Waals surface area contributed by atoms with Gasteiger partial charge in [-0.3, -0.25) is 14.5 Å². The molecule has 1 saturated carbocycles. The minimum atomic E-state index is -0.304. The Morgan fingerprint density at radius 3 is 2.77 bits per heavy atom.